The standard InChI is InChI=1S/C10H24N2O/c1-9(7-11-3)8-12(4)6-5-10(2)13/h9-11,13H,5-8H2,1-4H3. The van der Waals surface area contributed by atoms with Crippen molar-refractivity contribution in [1.82, 2.24) is 10.2 Å². The van der Waals surface area contributed by atoms with Crippen LogP contribution in [0.25, 0.3) is 0 Å². The van der Waals surface area contributed by atoms with Crippen LogP contribution in [0, 0.1) is 5.92 Å². The molecule has 13 heavy (non-hydrogen) atoms. The summed E-state index contributed by atoms with van der Waals surface area (Å²) in [6.45, 7) is 7.19. The van der Waals surface area contributed by atoms with Crippen LogP contribution in [0.1, 0.15) is 20.3 Å². The molecule has 0 aromatic rings. The van der Waals surface area contributed by atoms with Crippen molar-refractivity contribution in [3.8, 4) is 0 Å². The molecule has 2 atom stereocenters. The molecule has 3 nitrogen and oxygen atoms in total. The van der Waals surface area contributed by atoms with Crippen LogP contribution >= 0.6 is 0 Å². The Morgan fingerprint density at radius 3 is 2.46 bits per heavy atom. The molecule has 80 valence electrons. The van der Waals surface area contributed by atoms with E-state index in [2.05, 4.69) is 24.2 Å². The maximum Gasteiger partial charge on any atom is 0.0524 e. The van der Waals surface area contributed by atoms with Crippen molar-refractivity contribution >= 4 is 0 Å². The van der Waals surface area contributed by atoms with Crippen LogP contribution in [-0.2, 0) is 0 Å². The average Bonchev–Trinajstić information content (AvgIpc) is 2.01. The van der Waals surface area contributed by atoms with E-state index in [1.54, 1.807) is 0 Å². The first-order valence-corrected chi connectivity index (χ1v) is 5.07. The van der Waals surface area contributed by atoms with Crippen LogP contribution in [0.3, 0.4) is 0 Å². The minimum Gasteiger partial charge on any atom is -0.393 e. The van der Waals surface area contributed by atoms with Gasteiger partial charge in [0, 0.05) is 13.1 Å². The molecule has 0 amide bonds. The lowest BCUT2D eigenvalue weighted by molar-refractivity contribution is 0.159. The van der Waals surface area contributed by atoms with Crippen LogP contribution < -0.4 is 5.32 Å². The quantitative estimate of drug-likeness (QED) is 0.612. The third-order valence-corrected chi connectivity index (χ3v) is 2.10. The predicted molar refractivity (Wildman–Crippen MR) is 56.9 cm³/mol. The second-order valence-corrected chi connectivity index (χ2v) is 4.06. The Bertz CT molecular complexity index is 117. The molecule has 0 heterocycles. The highest BCUT2D eigenvalue weighted by atomic mass is 16.3. The van der Waals surface area contributed by atoms with E-state index >= 15 is 0 Å². The van der Waals surface area contributed by atoms with Crippen LogP contribution in [0.2, 0.25) is 0 Å². The van der Waals surface area contributed by atoms with Crippen LogP contribution in [0.4, 0.5) is 0 Å². The van der Waals surface area contributed by atoms with E-state index < -0.39 is 0 Å². The van der Waals surface area contributed by atoms with Crippen LogP contribution in [0.15, 0.2) is 0 Å². The highest BCUT2D eigenvalue weighted by molar-refractivity contribution is 4.61. The third-order valence-electron chi connectivity index (χ3n) is 2.10. The Balaban J connectivity index is 3.43. The average molecular weight is 188 g/mol. The lowest BCUT2D eigenvalue weighted by atomic mass is 10.1. The smallest absolute Gasteiger partial charge is 0.0524 e. The normalized spacial score (nSPS) is 16.2. The van der Waals surface area contributed by atoms with Crippen LogP contribution in [0.5, 0.6) is 0 Å². The van der Waals surface area contributed by atoms with Gasteiger partial charge in [-0.15, -0.1) is 0 Å². The molecule has 0 fully saturated rings. The third kappa shape index (κ3) is 8.22. The lowest BCUT2D eigenvalue weighted by Gasteiger charge is -2.21. The van der Waals surface area contributed by atoms with Gasteiger partial charge in [0.1, 0.15) is 0 Å². The Labute approximate surface area is 82.1 Å². The van der Waals surface area contributed by atoms with Crippen molar-refractivity contribution in [3.63, 3.8) is 0 Å². The summed E-state index contributed by atoms with van der Waals surface area (Å²) in [7, 11) is 4.08. The van der Waals surface area contributed by atoms with E-state index in [0.717, 1.165) is 26.1 Å². The van der Waals surface area contributed by atoms with E-state index in [4.69, 9.17) is 5.11 Å². The number of rotatable bonds is 7. The second kappa shape index (κ2) is 7.30. The Hall–Kier alpha value is -0.120. The van der Waals surface area contributed by atoms with Gasteiger partial charge >= 0.3 is 0 Å². The Morgan fingerprint density at radius 1 is 1.38 bits per heavy atom. The summed E-state index contributed by atoms with van der Waals surface area (Å²) in [5.74, 6) is 0.670. The number of nitrogens with one attached hydrogen (secondary N) is 1. The molecule has 0 radical (unpaired) electrons. The number of hydrogen-bond donors (Lipinski definition) is 2. The van der Waals surface area contributed by atoms with Gasteiger partial charge in [-0.1, -0.05) is 6.92 Å². The van der Waals surface area contributed by atoms with E-state index in [1.165, 1.54) is 0 Å². The second-order valence-electron chi connectivity index (χ2n) is 4.06. The number of nitrogens with zero attached hydrogens (tertiary/aromatic N) is 1. The van der Waals surface area contributed by atoms with E-state index in [9.17, 15) is 0 Å². The molecule has 0 aliphatic heterocycles. The first-order valence-electron chi connectivity index (χ1n) is 5.07. The van der Waals surface area contributed by atoms with Gasteiger partial charge in [-0.3, -0.25) is 0 Å². The van der Waals surface area contributed by atoms with Crippen molar-refractivity contribution in [3.05, 3.63) is 0 Å². The van der Waals surface area contributed by atoms with Gasteiger partial charge in [0.25, 0.3) is 0 Å². The zero-order chi connectivity index (χ0) is 10.3. The summed E-state index contributed by atoms with van der Waals surface area (Å²) in [5.41, 5.74) is 0. The largest absolute Gasteiger partial charge is 0.393 e. The first-order chi connectivity index (χ1) is 6.06. The van der Waals surface area contributed by atoms with Gasteiger partial charge in [0.2, 0.25) is 0 Å². The van der Waals surface area contributed by atoms with E-state index in [0.29, 0.717) is 5.92 Å². The molecule has 0 bridgehead atoms. The summed E-state index contributed by atoms with van der Waals surface area (Å²) < 4.78 is 0. The summed E-state index contributed by atoms with van der Waals surface area (Å²) in [6.07, 6.45) is 0.685. The number of hydrogen-bond acceptors (Lipinski definition) is 3. The van der Waals surface area contributed by atoms with E-state index in [1.807, 2.05) is 14.0 Å². The van der Waals surface area contributed by atoms with Gasteiger partial charge in [-0.05, 0) is 39.9 Å². The Kier molecular flexibility index (Phi) is 7.23. The molecule has 0 aromatic heterocycles. The van der Waals surface area contributed by atoms with Crippen LogP contribution in [-0.4, -0.2) is 49.8 Å². The fourth-order valence-corrected chi connectivity index (χ4v) is 1.44. The van der Waals surface area contributed by atoms with Crippen molar-refractivity contribution in [2.75, 3.05) is 33.7 Å². The summed E-state index contributed by atoms with van der Waals surface area (Å²) in [4.78, 5) is 2.27. The first kappa shape index (κ1) is 12.9. The Morgan fingerprint density at radius 2 is 2.00 bits per heavy atom. The predicted octanol–water partition coefficient (Wildman–Crippen LogP) is 0.545. The zero-order valence-corrected chi connectivity index (χ0v) is 9.38. The number of aliphatic hydroxyl groups is 1. The maximum absolute atomic E-state index is 9.10. The van der Waals surface area contributed by atoms with Crippen molar-refractivity contribution in [1.29, 1.82) is 0 Å². The molecule has 0 saturated heterocycles. The molecule has 0 rings (SSSR count). The fraction of sp³-hybridized carbons (Fsp3) is 1.00. The molecule has 0 aliphatic rings. The lowest BCUT2D eigenvalue weighted by Crippen LogP contribution is -2.31. The number of aliphatic hydroxyl groups excluding tert-OH is 1. The molecular formula is C10H24N2O. The van der Waals surface area contributed by atoms with Gasteiger partial charge in [0.15, 0.2) is 0 Å². The fourth-order valence-electron chi connectivity index (χ4n) is 1.44. The highest BCUT2D eigenvalue weighted by Crippen LogP contribution is 1.99. The maximum atomic E-state index is 9.10. The molecule has 0 aromatic carbocycles. The highest BCUT2D eigenvalue weighted by Gasteiger charge is 2.06. The SMILES string of the molecule is CNCC(C)CN(C)CCC(C)O. The molecular weight excluding hydrogens is 164 g/mol. The van der Waals surface area contributed by atoms with Gasteiger partial charge in [0.05, 0.1) is 6.10 Å². The molecule has 2 N–H and O–H groups in total. The van der Waals surface area contributed by atoms with Gasteiger partial charge in [-0.25, -0.2) is 0 Å². The van der Waals surface area contributed by atoms with Gasteiger partial charge in [-0.2, -0.15) is 0 Å². The monoisotopic (exact) mass is 188 g/mol. The van der Waals surface area contributed by atoms with E-state index in [-0.39, 0.29) is 6.10 Å². The molecule has 2 unspecified atom stereocenters. The van der Waals surface area contributed by atoms with Crippen molar-refractivity contribution in [2.45, 2.75) is 26.4 Å². The minimum absolute atomic E-state index is 0.179. The van der Waals surface area contributed by atoms with Crippen molar-refractivity contribution < 1.29 is 5.11 Å². The molecule has 3 heteroatoms. The molecule has 0 saturated carbocycles. The zero-order valence-electron chi connectivity index (χ0n) is 9.38. The summed E-state index contributed by atoms with van der Waals surface area (Å²) in [6, 6.07) is 0. The molecule has 0 spiro atoms. The van der Waals surface area contributed by atoms with Gasteiger partial charge < -0.3 is 15.3 Å². The molecule has 0 aliphatic carbocycles. The topological polar surface area (TPSA) is 35.5 Å². The minimum atomic E-state index is -0.179. The summed E-state index contributed by atoms with van der Waals surface area (Å²) in [5, 5.41) is 12.3. The van der Waals surface area contributed by atoms with Crippen molar-refractivity contribution in [2.24, 2.45) is 5.92 Å². The summed E-state index contributed by atoms with van der Waals surface area (Å²) >= 11 is 0.